The summed E-state index contributed by atoms with van der Waals surface area (Å²) in [5.74, 6) is -1.20. The van der Waals surface area contributed by atoms with Crippen LogP contribution < -0.4 is 5.73 Å². The molecule has 1 aromatic heterocycles. The third-order valence-electron chi connectivity index (χ3n) is 2.91. The van der Waals surface area contributed by atoms with Gasteiger partial charge in [0.05, 0.1) is 6.04 Å². The third-order valence-corrected chi connectivity index (χ3v) is 2.91. The quantitative estimate of drug-likeness (QED) is 0.887. The van der Waals surface area contributed by atoms with Crippen LogP contribution in [0.2, 0.25) is 0 Å². The van der Waals surface area contributed by atoms with Crippen molar-refractivity contribution in [1.82, 2.24) is 4.98 Å². The molecule has 18 heavy (non-hydrogen) atoms. The summed E-state index contributed by atoms with van der Waals surface area (Å²) in [6.45, 7) is 3.44. The minimum absolute atomic E-state index is 0.277. The fourth-order valence-corrected chi connectivity index (χ4v) is 1.76. The third kappa shape index (κ3) is 2.38. The van der Waals surface area contributed by atoms with Gasteiger partial charge in [-0.3, -0.25) is 4.98 Å². The van der Waals surface area contributed by atoms with E-state index in [0.717, 1.165) is 11.8 Å². The van der Waals surface area contributed by atoms with Gasteiger partial charge in [-0.15, -0.1) is 0 Å². The second-order valence-corrected chi connectivity index (χ2v) is 4.33. The van der Waals surface area contributed by atoms with E-state index in [9.17, 15) is 8.78 Å². The summed E-state index contributed by atoms with van der Waals surface area (Å²) in [4.78, 5) is 4.12. The highest BCUT2D eigenvalue weighted by Gasteiger charge is 2.16. The molecule has 0 aliphatic carbocycles. The van der Waals surface area contributed by atoms with Crippen molar-refractivity contribution in [1.29, 1.82) is 0 Å². The number of nitrogens with zero attached hydrogens (tertiary/aromatic N) is 1. The molecule has 1 atom stereocenters. The molecule has 1 heterocycles. The van der Waals surface area contributed by atoms with Crippen LogP contribution in [-0.4, -0.2) is 4.98 Å². The van der Waals surface area contributed by atoms with Crippen molar-refractivity contribution in [2.75, 3.05) is 0 Å². The SMILES string of the molecule is Cc1ccc(C(N)c2cc(C)c(F)cc2F)cn1. The molecule has 2 N–H and O–H groups in total. The Morgan fingerprint density at radius 2 is 1.83 bits per heavy atom. The minimum Gasteiger partial charge on any atom is -0.320 e. The van der Waals surface area contributed by atoms with E-state index in [2.05, 4.69) is 4.98 Å². The normalized spacial score (nSPS) is 12.5. The lowest BCUT2D eigenvalue weighted by molar-refractivity contribution is 0.560. The Bertz CT molecular complexity index is 565. The van der Waals surface area contributed by atoms with E-state index in [-0.39, 0.29) is 5.56 Å². The number of pyridine rings is 1. The molecule has 0 aliphatic rings. The van der Waals surface area contributed by atoms with Crippen molar-refractivity contribution >= 4 is 0 Å². The van der Waals surface area contributed by atoms with Crippen LogP contribution >= 0.6 is 0 Å². The second-order valence-electron chi connectivity index (χ2n) is 4.33. The molecule has 2 nitrogen and oxygen atoms in total. The summed E-state index contributed by atoms with van der Waals surface area (Å²) >= 11 is 0. The van der Waals surface area contributed by atoms with Gasteiger partial charge in [0.15, 0.2) is 0 Å². The van der Waals surface area contributed by atoms with Gasteiger partial charge in [0.25, 0.3) is 0 Å². The lowest BCUT2D eigenvalue weighted by Crippen LogP contribution is -2.14. The topological polar surface area (TPSA) is 38.9 Å². The van der Waals surface area contributed by atoms with Gasteiger partial charge in [0, 0.05) is 23.5 Å². The molecule has 1 unspecified atom stereocenters. The largest absolute Gasteiger partial charge is 0.320 e. The highest BCUT2D eigenvalue weighted by Crippen LogP contribution is 2.24. The van der Waals surface area contributed by atoms with E-state index < -0.39 is 17.7 Å². The predicted octanol–water partition coefficient (Wildman–Crippen LogP) is 3.02. The van der Waals surface area contributed by atoms with Crippen LogP contribution in [0.1, 0.15) is 28.4 Å². The minimum atomic E-state index is -0.641. The van der Waals surface area contributed by atoms with Crippen LogP contribution in [0.15, 0.2) is 30.5 Å². The van der Waals surface area contributed by atoms with Crippen molar-refractivity contribution in [2.24, 2.45) is 5.73 Å². The first-order valence-corrected chi connectivity index (χ1v) is 5.62. The van der Waals surface area contributed by atoms with Gasteiger partial charge in [0.2, 0.25) is 0 Å². The maximum absolute atomic E-state index is 13.7. The summed E-state index contributed by atoms with van der Waals surface area (Å²) < 4.78 is 26.9. The lowest BCUT2D eigenvalue weighted by Gasteiger charge is -2.14. The number of hydrogen-bond donors (Lipinski definition) is 1. The standard InChI is InChI=1S/C14H14F2N2/c1-8-5-11(13(16)6-12(8)15)14(17)10-4-3-9(2)18-7-10/h3-7,14H,17H2,1-2H3. The molecule has 1 aromatic carbocycles. The monoisotopic (exact) mass is 248 g/mol. The van der Waals surface area contributed by atoms with Gasteiger partial charge >= 0.3 is 0 Å². The van der Waals surface area contributed by atoms with Gasteiger partial charge < -0.3 is 5.73 Å². The van der Waals surface area contributed by atoms with Gasteiger partial charge in [-0.1, -0.05) is 6.07 Å². The Hall–Kier alpha value is -1.81. The van der Waals surface area contributed by atoms with Crippen LogP contribution in [-0.2, 0) is 0 Å². The van der Waals surface area contributed by atoms with Gasteiger partial charge in [-0.05, 0) is 37.1 Å². The van der Waals surface area contributed by atoms with Crippen molar-refractivity contribution < 1.29 is 8.78 Å². The van der Waals surface area contributed by atoms with Gasteiger partial charge in [-0.25, -0.2) is 8.78 Å². The highest BCUT2D eigenvalue weighted by molar-refractivity contribution is 5.34. The predicted molar refractivity (Wildman–Crippen MR) is 66.1 cm³/mol. The van der Waals surface area contributed by atoms with Gasteiger partial charge in [-0.2, -0.15) is 0 Å². The molecule has 0 amide bonds. The molecule has 2 aromatic rings. The molecule has 0 aliphatic heterocycles. The average Bonchev–Trinajstić information content (AvgIpc) is 2.34. The first kappa shape index (κ1) is 12.6. The maximum atomic E-state index is 13.7. The number of benzene rings is 1. The Balaban J connectivity index is 2.42. The number of aryl methyl sites for hydroxylation is 2. The molecule has 4 heteroatoms. The number of rotatable bonds is 2. The fraction of sp³-hybridized carbons (Fsp3) is 0.214. The average molecular weight is 248 g/mol. The Morgan fingerprint density at radius 1 is 1.11 bits per heavy atom. The van der Waals surface area contributed by atoms with E-state index in [1.54, 1.807) is 19.2 Å². The first-order chi connectivity index (χ1) is 8.49. The van der Waals surface area contributed by atoms with Gasteiger partial charge in [0.1, 0.15) is 11.6 Å². The molecule has 0 radical (unpaired) electrons. The zero-order chi connectivity index (χ0) is 13.3. The van der Waals surface area contributed by atoms with Crippen LogP contribution in [0, 0.1) is 25.5 Å². The Labute approximate surface area is 104 Å². The van der Waals surface area contributed by atoms with E-state index in [0.29, 0.717) is 11.1 Å². The smallest absolute Gasteiger partial charge is 0.131 e. The molecule has 0 saturated heterocycles. The summed E-state index contributed by atoms with van der Waals surface area (Å²) in [7, 11) is 0. The molecule has 0 saturated carbocycles. The molecule has 0 fully saturated rings. The van der Waals surface area contributed by atoms with E-state index >= 15 is 0 Å². The molecule has 0 bridgehead atoms. The first-order valence-electron chi connectivity index (χ1n) is 5.62. The summed E-state index contributed by atoms with van der Waals surface area (Å²) in [5.41, 5.74) is 8.20. The number of hydrogen-bond acceptors (Lipinski definition) is 2. The fourth-order valence-electron chi connectivity index (χ4n) is 1.76. The highest BCUT2D eigenvalue weighted by atomic mass is 19.1. The Kier molecular flexibility index (Phi) is 3.39. The van der Waals surface area contributed by atoms with Crippen LogP contribution in [0.4, 0.5) is 8.78 Å². The molecular formula is C14H14F2N2. The number of nitrogens with two attached hydrogens (primary N) is 1. The molecule has 2 rings (SSSR count). The molecule has 0 spiro atoms. The van der Waals surface area contributed by atoms with Crippen LogP contribution in [0.3, 0.4) is 0 Å². The van der Waals surface area contributed by atoms with Crippen molar-refractivity contribution in [3.8, 4) is 0 Å². The van der Waals surface area contributed by atoms with E-state index in [4.69, 9.17) is 5.73 Å². The number of aromatic nitrogens is 1. The summed E-state index contributed by atoms with van der Waals surface area (Å²) in [6, 6.07) is 5.27. The van der Waals surface area contributed by atoms with Crippen molar-refractivity contribution in [3.63, 3.8) is 0 Å². The lowest BCUT2D eigenvalue weighted by atomic mass is 9.98. The maximum Gasteiger partial charge on any atom is 0.131 e. The van der Waals surface area contributed by atoms with Crippen LogP contribution in [0.25, 0.3) is 0 Å². The van der Waals surface area contributed by atoms with Crippen LogP contribution in [0.5, 0.6) is 0 Å². The molecular weight excluding hydrogens is 234 g/mol. The van der Waals surface area contributed by atoms with E-state index in [1.807, 2.05) is 13.0 Å². The van der Waals surface area contributed by atoms with Crippen molar-refractivity contribution in [2.45, 2.75) is 19.9 Å². The second kappa shape index (κ2) is 4.82. The summed E-state index contributed by atoms with van der Waals surface area (Å²) in [5, 5.41) is 0. The Morgan fingerprint density at radius 3 is 2.44 bits per heavy atom. The van der Waals surface area contributed by atoms with Crippen molar-refractivity contribution in [3.05, 3.63) is 64.5 Å². The molecule has 94 valence electrons. The number of halogens is 2. The van der Waals surface area contributed by atoms with E-state index in [1.165, 1.54) is 6.07 Å². The summed E-state index contributed by atoms with van der Waals surface area (Å²) in [6.07, 6.45) is 1.61. The zero-order valence-corrected chi connectivity index (χ0v) is 10.2. The zero-order valence-electron chi connectivity index (χ0n) is 10.2.